The number of hydrogen-bond donors (Lipinski definition) is 1. The van der Waals surface area contributed by atoms with Crippen molar-refractivity contribution in [3.63, 3.8) is 0 Å². The molecule has 0 radical (unpaired) electrons. The summed E-state index contributed by atoms with van der Waals surface area (Å²) < 4.78 is 22.8. The van der Waals surface area contributed by atoms with E-state index in [0.29, 0.717) is 6.42 Å². The van der Waals surface area contributed by atoms with E-state index in [2.05, 4.69) is 10.1 Å². The molecular weight excluding hydrogens is 329 g/mol. The van der Waals surface area contributed by atoms with Gasteiger partial charge in [0, 0.05) is 11.6 Å². The molecule has 0 spiro atoms. The fourth-order valence-corrected chi connectivity index (χ4v) is 2.02. The molecule has 1 atom stereocenters. The van der Waals surface area contributed by atoms with Crippen LogP contribution in [-0.2, 0) is 23.9 Å². The van der Waals surface area contributed by atoms with Crippen LogP contribution in [0.5, 0.6) is 0 Å². The van der Waals surface area contributed by atoms with Crippen LogP contribution in [0, 0.1) is 11.7 Å². The summed E-state index contributed by atoms with van der Waals surface area (Å²) in [6.45, 7) is 3.25. The number of nitrogens with one attached hydrogen (secondary N) is 1. The van der Waals surface area contributed by atoms with Crippen LogP contribution in [0.4, 0.5) is 4.39 Å². The van der Waals surface area contributed by atoms with E-state index >= 15 is 0 Å². The van der Waals surface area contributed by atoms with Gasteiger partial charge in [-0.05, 0) is 24.5 Å². The average Bonchev–Trinajstić information content (AvgIpc) is 2.57. The predicted octanol–water partition coefficient (Wildman–Crippen LogP) is 2.09. The Hall–Kier alpha value is -2.70. The summed E-state index contributed by atoms with van der Waals surface area (Å²) in [4.78, 5) is 35.0. The van der Waals surface area contributed by atoms with Crippen molar-refractivity contribution < 1.29 is 28.2 Å². The molecular formula is C18H22FNO5. The van der Waals surface area contributed by atoms with Crippen molar-refractivity contribution in [3.8, 4) is 0 Å². The first-order valence-corrected chi connectivity index (χ1v) is 7.80. The Morgan fingerprint density at radius 2 is 1.92 bits per heavy atom. The van der Waals surface area contributed by atoms with E-state index in [9.17, 15) is 18.8 Å². The van der Waals surface area contributed by atoms with E-state index in [1.165, 1.54) is 31.4 Å². The fourth-order valence-electron chi connectivity index (χ4n) is 2.02. The number of benzene rings is 1. The Bertz CT molecular complexity index is 642. The van der Waals surface area contributed by atoms with Crippen molar-refractivity contribution in [2.24, 2.45) is 5.92 Å². The summed E-state index contributed by atoms with van der Waals surface area (Å²) in [5.41, 5.74) is 0.228. The maximum absolute atomic E-state index is 13.4. The SMILES string of the molecule is COC(=O)C(CC(C)C)NC(=O)COC(=O)/C=C/c1ccccc1F. The molecule has 1 amide bonds. The molecule has 1 N–H and O–H groups in total. The molecule has 0 bridgehead atoms. The molecule has 25 heavy (non-hydrogen) atoms. The summed E-state index contributed by atoms with van der Waals surface area (Å²) in [6, 6.07) is 5.12. The number of esters is 2. The van der Waals surface area contributed by atoms with Crippen molar-refractivity contribution in [2.75, 3.05) is 13.7 Å². The third-order valence-electron chi connectivity index (χ3n) is 3.18. The summed E-state index contributed by atoms with van der Waals surface area (Å²) >= 11 is 0. The van der Waals surface area contributed by atoms with Gasteiger partial charge in [0.2, 0.25) is 0 Å². The second-order valence-corrected chi connectivity index (χ2v) is 5.74. The smallest absolute Gasteiger partial charge is 0.331 e. The van der Waals surface area contributed by atoms with Crippen LogP contribution in [0.15, 0.2) is 30.3 Å². The molecule has 1 rings (SSSR count). The minimum Gasteiger partial charge on any atom is -0.467 e. The first kappa shape index (κ1) is 20.3. The quantitative estimate of drug-likeness (QED) is 0.573. The van der Waals surface area contributed by atoms with Crippen molar-refractivity contribution in [1.82, 2.24) is 5.32 Å². The van der Waals surface area contributed by atoms with Crippen molar-refractivity contribution in [1.29, 1.82) is 0 Å². The topological polar surface area (TPSA) is 81.7 Å². The van der Waals surface area contributed by atoms with E-state index in [-0.39, 0.29) is 11.5 Å². The number of rotatable bonds is 8. The number of carbonyl (C=O) groups excluding carboxylic acids is 3. The fraction of sp³-hybridized carbons (Fsp3) is 0.389. The molecule has 1 unspecified atom stereocenters. The number of halogens is 1. The maximum Gasteiger partial charge on any atom is 0.331 e. The molecule has 0 aliphatic heterocycles. The lowest BCUT2D eigenvalue weighted by Gasteiger charge is -2.18. The Morgan fingerprint density at radius 3 is 2.52 bits per heavy atom. The van der Waals surface area contributed by atoms with Crippen LogP contribution in [0.25, 0.3) is 6.08 Å². The summed E-state index contributed by atoms with van der Waals surface area (Å²) in [7, 11) is 1.23. The van der Waals surface area contributed by atoms with Crippen molar-refractivity contribution >= 4 is 23.9 Å². The number of methoxy groups -OCH3 is 1. The van der Waals surface area contributed by atoms with Crippen LogP contribution < -0.4 is 5.32 Å². The Morgan fingerprint density at radius 1 is 1.24 bits per heavy atom. The van der Waals surface area contributed by atoms with Crippen LogP contribution in [0.1, 0.15) is 25.8 Å². The van der Waals surface area contributed by atoms with E-state index in [4.69, 9.17) is 4.74 Å². The molecule has 7 heteroatoms. The molecule has 0 aromatic heterocycles. The van der Waals surface area contributed by atoms with Crippen LogP contribution in [-0.4, -0.2) is 37.6 Å². The second-order valence-electron chi connectivity index (χ2n) is 5.74. The van der Waals surface area contributed by atoms with Gasteiger partial charge in [-0.1, -0.05) is 32.0 Å². The first-order chi connectivity index (χ1) is 11.8. The third-order valence-corrected chi connectivity index (χ3v) is 3.18. The van der Waals surface area contributed by atoms with Crippen LogP contribution >= 0.6 is 0 Å². The molecule has 0 heterocycles. The zero-order valence-corrected chi connectivity index (χ0v) is 14.5. The number of hydrogen-bond acceptors (Lipinski definition) is 5. The van der Waals surface area contributed by atoms with E-state index in [1.54, 1.807) is 6.07 Å². The number of ether oxygens (including phenoxy) is 2. The minimum atomic E-state index is -0.801. The standard InChI is InChI=1S/C18H22FNO5/c1-12(2)10-15(18(23)24-3)20-16(21)11-25-17(22)9-8-13-6-4-5-7-14(13)19/h4-9,12,15H,10-11H2,1-3H3,(H,20,21)/b9-8+. The average molecular weight is 351 g/mol. The van der Waals surface area contributed by atoms with Gasteiger partial charge in [-0.25, -0.2) is 14.0 Å². The molecule has 6 nitrogen and oxygen atoms in total. The van der Waals surface area contributed by atoms with Gasteiger partial charge in [0.05, 0.1) is 7.11 Å². The largest absolute Gasteiger partial charge is 0.467 e. The zero-order chi connectivity index (χ0) is 18.8. The summed E-state index contributed by atoms with van der Waals surface area (Å²) in [6.07, 6.45) is 2.68. The summed E-state index contributed by atoms with van der Waals surface area (Å²) in [5, 5.41) is 2.46. The maximum atomic E-state index is 13.4. The molecule has 136 valence electrons. The normalized spacial score (nSPS) is 12.0. The number of amides is 1. The second kappa shape index (κ2) is 10.2. The lowest BCUT2D eigenvalue weighted by molar-refractivity contribution is -0.148. The van der Waals surface area contributed by atoms with Crippen LogP contribution in [0.2, 0.25) is 0 Å². The van der Waals surface area contributed by atoms with Gasteiger partial charge < -0.3 is 14.8 Å². The molecule has 0 saturated carbocycles. The van der Waals surface area contributed by atoms with E-state index < -0.39 is 36.3 Å². The predicted molar refractivity (Wildman–Crippen MR) is 89.8 cm³/mol. The van der Waals surface area contributed by atoms with Gasteiger partial charge in [-0.15, -0.1) is 0 Å². The molecule has 1 aromatic carbocycles. The molecule has 0 aliphatic carbocycles. The highest BCUT2D eigenvalue weighted by atomic mass is 19.1. The van der Waals surface area contributed by atoms with Crippen LogP contribution in [0.3, 0.4) is 0 Å². The van der Waals surface area contributed by atoms with E-state index in [0.717, 1.165) is 6.08 Å². The van der Waals surface area contributed by atoms with Gasteiger partial charge in [0.1, 0.15) is 11.9 Å². The zero-order valence-electron chi connectivity index (χ0n) is 14.5. The van der Waals surface area contributed by atoms with Gasteiger partial charge in [0.15, 0.2) is 6.61 Å². The Kier molecular flexibility index (Phi) is 8.32. The van der Waals surface area contributed by atoms with Gasteiger partial charge >= 0.3 is 11.9 Å². The van der Waals surface area contributed by atoms with Gasteiger partial charge in [-0.3, -0.25) is 4.79 Å². The lowest BCUT2D eigenvalue weighted by atomic mass is 10.0. The Balaban J connectivity index is 2.50. The molecule has 0 saturated heterocycles. The summed E-state index contributed by atoms with van der Waals surface area (Å²) in [5.74, 6) is -2.29. The van der Waals surface area contributed by atoms with E-state index in [1.807, 2.05) is 13.8 Å². The Labute approximate surface area is 146 Å². The minimum absolute atomic E-state index is 0.163. The lowest BCUT2D eigenvalue weighted by Crippen LogP contribution is -2.44. The highest BCUT2D eigenvalue weighted by Gasteiger charge is 2.22. The molecule has 1 aromatic rings. The first-order valence-electron chi connectivity index (χ1n) is 7.80. The monoisotopic (exact) mass is 351 g/mol. The highest BCUT2D eigenvalue weighted by molar-refractivity contribution is 5.90. The number of carbonyl (C=O) groups is 3. The molecule has 0 aliphatic rings. The molecule has 0 fully saturated rings. The highest BCUT2D eigenvalue weighted by Crippen LogP contribution is 2.08. The van der Waals surface area contributed by atoms with Crippen molar-refractivity contribution in [2.45, 2.75) is 26.3 Å². The van der Waals surface area contributed by atoms with Gasteiger partial charge in [-0.2, -0.15) is 0 Å². The third kappa shape index (κ3) is 7.60. The van der Waals surface area contributed by atoms with Gasteiger partial charge in [0.25, 0.3) is 5.91 Å². The van der Waals surface area contributed by atoms with Crippen molar-refractivity contribution in [3.05, 3.63) is 41.7 Å².